The van der Waals surface area contributed by atoms with Crippen LogP contribution in [-0.2, 0) is 11.8 Å². The summed E-state index contributed by atoms with van der Waals surface area (Å²) in [6.45, 7) is 4.20. The summed E-state index contributed by atoms with van der Waals surface area (Å²) in [5.41, 5.74) is 0. The molecule has 2 unspecified atom stereocenters. The molecular formula is C17H22Cl2N4OS. The van der Waals surface area contributed by atoms with Crippen molar-refractivity contribution < 1.29 is 4.79 Å². The Morgan fingerprint density at radius 3 is 2.76 bits per heavy atom. The average Bonchev–Trinajstić information content (AvgIpc) is 3.02. The van der Waals surface area contributed by atoms with Crippen molar-refractivity contribution in [3.05, 3.63) is 47.5 Å². The number of amides is 1. The van der Waals surface area contributed by atoms with Crippen LogP contribution >= 0.6 is 35.8 Å². The van der Waals surface area contributed by atoms with Crippen molar-refractivity contribution in [2.45, 2.75) is 23.1 Å². The topological polar surface area (TPSA) is 50.2 Å². The summed E-state index contributed by atoms with van der Waals surface area (Å²) in [7, 11) is 1.96. The second kappa shape index (κ2) is 8.94. The highest BCUT2D eigenvalue weighted by Gasteiger charge is 2.32. The Morgan fingerprint density at radius 2 is 2.12 bits per heavy atom. The van der Waals surface area contributed by atoms with E-state index in [1.165, 1.54) is 0 Å². The second-order valence-corrected chi connectivity index (χ2v) is 7.71. The van der Waals surface area contributed by atoms with Gasteiger partial charge in [-0.15, -0.1) is 24.2 Å². The zero-order valence-corrected chi connectivity index (χ0v) is 16.6. The van der Waals surface area contributed by atoms with Crippen molar-refractivity contribution in [1.29, 1.82) is 0 Å². The Kier molecular flexibility index (Phi) is 7.19. The molecule has 3 rings (SSSR count). The van der Waals surface area contributed by atoms with Crippen LogP contribution in [-0.4, -0.2) is 45.2 Å². The quantitative estimate of drug-likeness (QED) is 0.800. The van der Waals surface area contributed by atoms with Crippen LogP contribution in [0, 0.1) is 0 Å². The van der Waals surface area contributed by atoms with Gasteiger partial charge in [0.05, 0.1) is 5.25 Å². The molecule has 2 aromatic rings. The van der Waals surface area contributed by atoms with Crippen LogP contribution in [0.1, 0.15) is 18.8 Å². The molecule has 2 heterocycles. The lowest BCUT2D eigenvalue weighted by molar-refractivity contribution is -0.133. The van der Waals surface area contributed by atoms with E-state index in [1.807, 2.05) is 53.9 Å². The van der Waals surface area contributed by atoms with Gasteiger partial charge in [0.1, 0.15) is 11.9 Å². The molecule has 136 valence electrons. The van der Waals surface area contributed by atoms with Gasteiger partial charge in [-0.25, -0.2) is 4.98 Å². The van der Waals surface area contributed by atoms with Gasteiger partial charge in [0.15, 0.2) is 0 Å². The van der Waals surface area contributed by atoms with E-state index in [1.54, 1.807) is 18.0 Å². The number of nitrogens with one attached hydrogen (secondary N) is 1. The van der Waals surface area contributed by atoms with Gasteiger partial charge in [-0.3, -0.25) is 4.79 Å². The molecule has 1 N–H and O–H groups in total. The molecule has 2 atom stereocenters. The predicted octanol–water partition coefficient (Wildman–Crippen LogP) is 3.15. The highest BCUT2D eigenvalue weighted by Crippen LogP contribution is 2.29. The van der Waals surface area contributed by atoms with Gasteiger partial charge < -0.3 is 14.8 Å². The minimum Gasteiger partial charge on any atom is -0.336 e. The maximum absolute atomic E-state index is 13.0. The number of rotatable bonds is 4. The predicted molar refractivity (Wildman–Crippen MR) is 105 cm³/mol. The van der Waals surface area contributed by atoms with Crippen molar-refractivity contribution in [3.8, 4) is 0 Å². The summed E-state index contributed by atoms with van der Waals surface area (Å²) in [6.07, 6.45) is 3.69. The number of piperazine rings is 1. The molecule has 0 radical (unpaired) electrons. The van der Waals surface area contributed by atoms with E-state index in [4.69, 9.17) is 11.6 Å². The summed E-state index contributed by atoms with van der Waals surface area (Å²) >= 11 is 7.48. The van der Waals surface area contributed by atoms with Crippen LogP contribution in [0.4, 0.5) is 0 Å². The van der Waals surface area contributed by atoms with Crippen molar-refractivity contribution in [2.75, 3.05) is 19.6 Å². The van der Waals surface area contributed by atoms with Gasteiger partial charge in [0.25, 0.3) is 0 Å². The van der Waals surface area contributed by atoms with E-state index in [-0.39, 0.29) is 29.6 Å². The molecule has 0 spiro atoms. The number of aromatic nitrogens is 2. The number of benzene rings is 1. The Morgan fingerprint density at radius 1 is 1.40 bits per heavy atom. The molecule has 1 aromatic heterocycles. The number of halogens is 2. The number of nitrogens with zero attached hydrogens (tertiary/aromatic N) is 3. The van der Waals surface area contributed by atoms with Gasteiger partial charge in [-0.05, 0) is 31.2 Å². The number of carbonyl (C=O) groups excluding carboxylic acids is 1. The summed E-state index contributed by atoms with van der Waals surface area (Å²) in [5.74, 6) is 1.06. The molecular weight excluding hydrogens is 379 g/mol. The van der Waals surface area contributed by atoms with Crippen LogP contribution in [0.2, 0.25) is 5.02 Å². The van der Waals surface area contributed by atoms with Gasteiger partial charge in [-0.2, -0.15) is 0 Å². The number of thioether (sulfide) groups is 1. The number of imidazole rings is 1. The molecule has 1 aliphatic rings. The van der Waals surface area contributed by atoms with Crippen LogP contribution in [0.25, 0.3) is 0 Å². The summed E-state index contributed by atoms with van der Waals surface area (Å²) < 4.78 is 1.98. The molecule has 0 saturated carbocycles. The molecule has 25 heavy (non-hydrogen) atoms. The molecule has 8 heteroatoms. The molecule has 1 amide bonds. The van der Waals surface area contributed by atoms with E-state index in [0.717, 1.165) is 23.8 Å². The first-order chi connectivity index (χ1) is 11.6. The minimum atomic E-state index is -0.160. The van der Waals surface area contributed by atoms with Crippen LogP contribution in [0.3, 0.4) is 0 Å². The van der Waals surface area contributed by atoms with E-state index in [9.17, 15) is 4.79 Å². The maximum Gasteiger partial charge on any atom is 0.236 e. The highest BCUT2D eigenvalue weighted by molar-refractivity contribution is 8.00. The van der Waals surface area contributed by atoms with Gasteiger partial charge in [0, 0.05) is 49.0 Å². The van der Waals surface area contributed by atoms with Crippen molar-refractivity contribution in [3.63, 3.8) is 0 Å². The smallest absolute Gasteiger partial charge is 0.236 e. The number of hydrogen-bond donors (Lipinski definition) is 1. The van der Waals surface area contributed by atoms with E-state index < -0.39 is 0 Å². The fourth-order valence-electron chi connectivity index (χ4n) is 2.90. The zero-order chi connectivity index (χ0) is 17.1. The largest absolute Gasteiger partial charge is 0.336 e. The Bertz CT molecular complexity index is 707. The van der Waals surface area contributed by atoms with Crippen LogP contribution < -0.4 is 5.32 Å². The molecule has 1 saturated heterocycles. The van der Waals surface area contributed by atoms with E-state index in [0.29, 0.717) is 11.6 Å². The molecule has 0 bridgehead atoms. The number of hydrogen-bond acceptors (Lipinski definition) is 4. The SMILES string of the molecule is CC(Sc1ccc(Cl)cc1)C(=O)N1CCNCC1c1nccn1C.Cl. The lowest BCUT2D eigenvalue weighted by atomic mass is 10.1. The average molecular weight is 401 g/mol. The summed E-state index contributed by atoms with van der Waals surface area (Å²) in [4.78, 5) is 20.4. The Balaban J connectivity index is 0.00000225. The van der Waals surface area contributed by atoms with Gasteiger partial charge >= 0.3 is 0 Å². The first kappa shape index (κ1) is 20.1. The fraction of sp³-hybridized carbons (Fsp3) is 0.412. The first-order valence-electron chi connectivity index (χ1n) is 7.97. The third-order valence-corrected chi connectivity index (χ3v) is 5.51. The van der Waals surface area contributed by atoms with E-state index >= 15 is 0 Å². The van der Waals surface area contributed by atoms with Crippen LogP contribution in [0.15, 0.2) is 41.6 Å². The summed E-state index contributed by atoms with van der Waals surface area (Å²) in [6, 6.07) is 7.57. The Hall–Kier alpha value is -1.21. The monoisotopic (exact) mass is 400 g/mol. The highest BCUT2D eigenvalue weighted by atomic mass is 35.5. The molecule has 0 aliphatic carbocycles. The van der Waals surface area contributed by atoms with Crippen molar-refractivity contribution in [1.82, 2.24) is 19.8 Å². The van der Waals surface area contributed by atoms with Gasteiger partial charge in [0.2, 0.25) is 5.91 Å². The lowest BCUT2D eigenvalue weighted by Crippen LogP contribution is -2.51. The second-order valence-electron chi connectivity index (χ2n) is 5.86. The maximum atomic E-state index is 13.0. The summed E-state index contributed by atoms with van der Waals surface area (Å²) in [5, 5.41) is 3.91. The fourth-order valence-corrected chi connectivity index (χ4v) is 3.96. The minimum absolute atomic E-state index is 0. The normalized spacial score (nSPS) is 18.5. The van der Waals surface area contributed by atoms with Crippen LogP contribution in [0.5, 0.6) is 0 Å². The third kappa shape index (κ3) is 4.70. The Labute approximate surface area is 163 Å². The molecule has 1 aromatic carbocycles. The van der Waals surface area contributed by atoms with Gasteiger partial charge in [-0.1, -0.05) is 11.6 Å². The standard InChI is InChI=1S/C17H21ClN4OS.ClH/c1-12(24-14-5-3-13(18)4-6-14)17(23)22-10-7-19-11-15(22)16-20-8-9-21(16)2;/h3-6,8-9,12,15,19H,7,10-11H2,1-2H3;1H. The van der Waals surface area contributed by atoms with Crippen molar-refractivity contribution in [2.24, 2.45) is 7.05 Å². The lowest BCUT2D eigenvalue weighted by Gasteiger charge is -2.37. The molecule has 1 aliphatic heterocycles. The zero-order valence-electron chi connectivity index (χ0n) is 14.2. The first-order valence-corrected chi connectivity index (χ1v) is 9.22. The number of aryl methyl sites for hydroxylation is 1. The van der Waals surface area contributed by atoms with E-state index in [2.05, 4.69) is 10.3 Å². The third-order valence-electron chi connectivity index (χ3n) is 4.16. The molecule has 5 nitrogen and oxygen atoms in total. The molecule has 1 fully saturated rings. The number of carbonyl (C=O) groups is 1. The van der Waals surface area contributed by atoms with Crippen molar-refractivity contribution >= 4 is 41.7 Å².